The quantitative estimate of drug-likeness (QED) is 0.372. The van der Waals surface area contributed by atoms with Gasteiger partial charge in [-0.2, -0.15) is 0 Å². The van der Waals surface area contributed by atoms with Crippen LogP contribution in [0.5, 0.6) is 0 Å². The first-order chi connectivity index (χ1) is 4.86. The maximum absolute atomic E-state index is 10.8. The van der Waals surface area contributed by atoms with Gasteiger partial charge < -0.3 is 4.74 Å². The summed E-state index contributed by atoms with van der Waals surface area (Å²) in [4.78, 5) is 10.8. The Bertz CT molecular complexity index is 166. The molecule has 0 aromatic heterocycles. The van der Waals surface area contributed by atoms with Crippen molar-refractivity contribution in [1.82, 2.24) is 0 Å². The van der Waals surface area contributed by atoms with Crippen LogP contribution in [0.4, 0.5) is 0 Å². The van der Waals surface area contributed by atoms with Crippen LogP contribution >= 0.6 is 0 Å². The third-order valence-electron chi connectivity index (χ3n) is 2.21. The van der Waals surface area contributed by atoms with Gasteiger partial charge in [0.25, 0.3) is 0 Å². The lowest BCUT2D eigenvalue weighted by molar-refractivity contribution is -0.141. The zero-order chi connectivity index (χ0) is 6.97. The summed E-state index contributed by atoms with van der Waals surface area (Å²) in [5.74, 6) is 0.469. The summed E-state index contributed by atoms with van der Waals surface area (Å²) in [6.07, 6.45) is 7.03. The number of rotatable bonds is 0. The van der Waals surface area contributed by atoms with E-state index in [9.17, 15) is 4.79 Å². The molecular formula is C8H10O2. The number of esters is 1. The number of ether oxygens (including phenoxy) is 1. The standard InChI is InChI=1S/C8H10O2/c9-8-5-6-3-1-2-4-7(6)10-8/h1-2,6-7H,3-5H2/t6-,7-/m1/s1. The molecule has 10 heavy (non-hydrogen) atoms. The van der Waals surface area contributed by atoms with E-state index in [1.54, 1.807) is 0 Å². The smallest absolute Gasteiger partial charge is 0.306 e. The molecule has 1 heterocycles. The highest BCUT2D eigenvalue weighted by Crippen LogP contribution is 2.30. The van der Waals surface area contributed by atoms with E-state index in [0.717, 1.165) is 12.8 Å². The fourth-order valence-electron chi connectivity index (χ4n) is 1.64. The summed E-state index contributed by atoms with van der Waals surface area (Å²) in [6.45, 7) is 0. The minimum atomic E-state index is -0.0151. The summed E-state index contributed by atoms with van der Waals surface area (Å²) in [7, 11) is 0. The normalized spacial score (nSPS) is 37.4. The van der Waals surface area contributed by atoms with E-state index in [4.69, 9.17) is 4.74 Å². The van der Waals surface area contributed by atoms with Crippen LogP contribution < -0.4 is 0 Å². The molecule has 2 atom stereocenters. The average molecular weight is 138 g/mol. The zero-order valence-corrected chi connectivity index (χ0v) is 5.75. The van der Waals surface area contributed by atoms with Crippen molar-refractivity contribution in [2.75, 3.05) is 0 Å². The fourth-order valence-corrected chi connectivity index (χ4v) is 1.64. The topological polar surface area (TPSA) is 26.3 Å². The second-order valence-corrected chi connectivity index (χ2v) is 2.94. The van der Waals surface area contributed by atoms with Crippen LogP contribution in [0.1, 0.15) is 19.3 Å². The molecular weight excluding hydrogens is 128 g/mol. The molecule has 2 nitrogen and oxygen atoms in total. The molecule has 0 aromatic rings. The van der Waals surface area contributed by atoms with Crippen LogP contribution in [0.2, 0.25) is 0 Å². The van der Waals surface area contributed by atoms with Crippen LogP contribution in [0.3, 0.4) is 0 Å². The van der Waals surface area contributed by atoms with Crippen molar-refractivity contribution in [3.63, 3.8) is 0 Å². The van der Waals surface area contributed by atoms with Gasteiger partial charge in [-0.3, -0.25) is 4.79 Å². The summed E-state index contributed by atoms with van der Waals surface area (Å²) < 4.78 is 5.08. The lowest BCUT2D eigenvalue weighted by atomic mass is 9.91. The molecule has 0 amide bonds. The molecule has 0 radical (unpaired) electrons. The molecule has 0 bridgehead atoms. The Hall–Kier alpha value is -0.790. The van der Waals surface area contributed by atoms with E-state index in [2.05, 4.69) is 12.2 Å². The molecule has 2 rings (SSSR count). The van der Waals surface area contributed by atoms with E-state index >= 15 is 0 Å². The van der Waals surface area contributed by atoms with Crippen LogP contribution in [-0.2, 0) is 9.53 Å². The van der Waals surface area contributed by atoms with Crippen LogP contribution in [0.25, 0.3) is 0 Å². The Morgan fingerprint density at radius 2 is 2.20 bits per heavy atom. The Labute approximate surface area is 59.9 Å². The first kappa shape index (κ1) is 5.96. The number of carbonyl (C=O) groups is 1. The van der Waals surface area contributed by atoms with Crippen molar-refractivity contribution in [3.05, 3.63) is 12.2 Å². The number of hydrogen-bond donors (Lipinski definition) is 0. The van der Waals surface area contributed by atoms with Crippen molar-refractivity contribution in [3.8, 4) is 0 Å². The minimum absolute atomic E-state index is 0.0151. The van der Waals surface area contributed by atoms with Gasteiger partial charge in [-0.25, -0.2) is 0 Å². The lowest BCUT2D eigenvalue weighted by Crippen LogP contribution is -2.16. The Balaban J connectivity index is 2.11. The second kappa shape index (κ2) is 2.11. The van der Waals surface area contributed by atoms with Gasteiger partial charge in [-0.05, 0) is 6.42 Å². The number of allylic oxidation sites excluding steroid dienone is 1. The van der Waals surface area contributed by atoms with Crippen molar-refractivity contribution < 1.29 is 9.53 Å². The predicted molar refractivity (Wildman–Crippen MR) is 36.4 cm³/mol. The van der Waals surface area contributed by atoms with Crippen LogP contribution in [0.15, 0.2) is 12.2 Å². The molecule has 1 aliphatic carbocycles. The molecule has 0 N–H and O–H groups in total. The highest BCUT2D eigenvalue weighted by Gasteiger charge is 2.34. The molecule has 1 saturated heterocycles. The van der Waals surface area contributed by atoms with Gasteiger partial charge in [-0.1, -0.05) is 12.2 Å². The fraction of sp³-hybridized carbons (Fsp3) is 0.625. The van der Waals surface area contributed by atoms with E-state index in [-0.39, 0.29) is 12.1 Å². The largest absolute Gasteiger partial charge is 0.462 e. The van der Waals surface area contributed by atoms with Gasteiger partial charge in [0.2, 0.25) is 0 Å². The maximum Gasteiger partial charge on any atom is 0.306 e. The SMILES string of the molecule is O=C1C[C@H]2CC=CC[C@H]2O1. The maximum atomic E-state index is 10.8. The third-order valence-corrected chi connectivity index (χ3v) is 2.21. The Morgan fingerprint density at radius 3 is 3.00 bits per heavy atom. The summed E-state index contributed by atoms with van der Waals surface area (Å²) in [6, 6.07) is 0. The van der Waals surface area contributed by atoms with E-state index in [0.29, 0.717) is 12.3 Å². The van der Waals surface area contributed by atoms with Gasteiger partial charge in [-0.15, -0.1) is 0 Å². The molecule has 0 unspecified atom stereocenters. The Morgan fingerprint density at radius 1 is 1.40 bits per heavy atom. The third kappa shape index (κ3) is 0.838. The molecule has 1 fully saturated rings. The second-order valence-electron chi connectivity index (χ2n) is 2.94. The molecule has 54 valence electrons. The van der Waals surface area contributed by atoms with Gasteiger partial charge in [0.05, 0.1) is 6.42 Å². The summed E-state index contributed by atoms with van der Waals surface area (Å²) in [5, 5.41) is 0. The number of fused-ring (bicyclic) bond motifs is 1. The van der Waals surface area contributed by atoms with E-state index in [1.165, 1.54) is 0 Å². The molecule has 0 aromatic carbocycles. The number of hydrogen-bond acceptors (Lipinski definition) is 2. The van der Waals surface area contributed by atoms with Crippen molar-refractivity contribution in [2.24, 2.45) is 5.92 Å². The molecule has 0 saturated carbocycles. The van der Waals surface area contributed by atoms with Crippen molar-refractivity contribution in [2.45, 2.75) is 25.4 Å². The first-order valence-electron chi connectivity index (χ1n) is 3.71. The minimum Gasteiger partial charge on any atom is -0.462 e. The average Bonchev–Trinajstić information content (AvgIpc) is 2.27. The summed E-state index contributed by atoms with van der Waals surface area (Å²) in [5.41, 5.74) is 0. The van der Waals surface area contributed by atoms with Crippen molar-refractivity contribution >= 4 is 5.97 Å². The molecule has 0 spiro atoms. The molecule has 1 aliphatic heterocycles. The Kier molecular flexibility index (Phi) is 1.26. The first-order valence-corrected chi connectivity index (χ1v) is 3.71. The van der Waals surface area contributed by atoms with Crippen LogP contribution in [-0.4, -0.2) is 12.1 Å². The molecule has 2 heteroatoms. The van der Waals surface area contributed by atoms with Crippen molar-refractivity contribution in [1.29, 1.82) is 0 Å². The van der Waals surface area contributed by atoms with Gasteiger partial charge >= 0.3 is 5.97 Å². The van der Waals surface area contributed by atoms with E-state index in [1.807, 2.05) is 0 Å². The number of carbonyl (C=O) groups excluding carboxylic acids is 1. The van der Waals surface area contributed by atoms with Gasteiger partial charge in [0, 0.05) is 12.3 Å². The zero-order valence-electron chi connectivity index (χ0n) is 5.75. The monoisotopic (exact) mass is 138 g/mol. The highest BCUT2D eigenvalue weighted by molar-refractivity contribution is 5.72. The van der Waals surface area contributed by atoms with Gasteiger partial charge in [0.15, 0.2) is 0 Å². The lowest BCUT2D eigenvalue weighted by Gasteiger charge is -2.17. The van der Waals surface area contributed by atoms with Gasteiger partial charge in [0.1, 0.15) is 6.10 Å². The highest BCUT2D eigenvalue weighted by atomic mass is 16.5. The molecule has 2 aliphatic rings. The summed E-state index contributed by atoms with van der Waals surface area (Å²) >= 11 is 0. The van der Waals surface area contributed by atoms with Crippen LogP contribution in [0, 0.1) is 5.92 Å². The predicted octanol–water partition coefficient (Wildman–Crippen LogP) is 1.27. The van der Waals surface area contributed by atoms with E-state index < -0.39 is 0 Å².